The number of benzene rings is 3. The third kappa shape index (κ3) is 2.72. The van der Waals surface area contributed by atoms with E-state index in [1.807, 2.05) is 25.1 Å². The van der Waals surface area contributed by atoms with Crippen LogP contribution in [0.3, 0.4) is 0 Å². The molecule has 1 aromatic heterocycles. The van der Waals surface area contributed by atoms with E-state index in [9.17, 15) is 13.2 Å². The fourth-order valence-electron chi connectivity index (χ4n) is 3.73. The molecular weight excluding hydrogens is 404 g/mol. The summed E-state index contributed by atoms with van der Waals surface area (Å²) in [6.45, 7) is 1.50. The Morgan fingerprint density at radius 2 is 1.77 bits per heavy atom. The van der Waals surface area contributed by atoms with Crippen LogP contribution in [0.25, 0.3) is 16.5 Å². The average molecular weight is 420 g/mol. The molecule has 2 heterocycles. The minimum atomic E-state index is -3.80. The number of aromatic nitrogens is 4. The topological polar surface area (TPSA) is 110 Å². The minimum Gasteiger partial charge on any atom is -0.324 e. The lowest BCUT2D eigenvalue weighted by Gasteiger charge is -2.19. The van der Waals surface area contributed by atoms with Gasteiger partial charge < -0.3 is 5.32 Å². The summed E-state index contributed by atoms with van der Waals surface area (Å²) >= 11 is 0. The summed E-state index contributed by atoms with van der Waals surface area (Å²) in [5.41, 5.74) is 2.54. The van der Waals surface area contributed by atoms with Crippen LogP contribution in [0.4, 0.5) is 11.4 Å². The smallest absolute Gasteiger partial charge is 0.265 e. The Bertz CT molecular complexity index is 1390. The van der Waals surface area contributed by atoms with Crippen LogP contribution >= 0.6 is 0 Å². The summed E-state index contributed by atoms with van der Waals surface area (Å²) in [5, 5.41) is 15.4. The van der Waals surface area contributed by atoms with Crippen molar-refractivity contribution in [2.75, 3.05) is 16.2 Å². The lowest BCUT2D eigenvalue weighted by molar-refractivity contribution is -0.114. The Hall–Kier alpha value is -3.79. The number of rotatable bonds is 4. The van der Waals surface area contributed by atoms with Gasteiger partial charge in [-0.25, -0.2) is 13.1 Å². The van der Waals surface area contributed by atoms with Crippen molar-refractivity contribution in [1.29, 1.82) is 0 Å². The molecule has 0 spiro atoms. The van der Waals surface area contributed by atoms with Gasteiger partial charge in [0.15, 0.2) is 0 Å². The fourth-order valence-corrected chi connectivity index (χ4v) is 5.39. The number of tetrazole rings is 1. The molecule has 0 bridgehead atoms. The lowest BCUT2D eigenvalue weighted by atomic mass is 10.1. The highest BCUT2D eigenvalue weighted by molar-refractivity contribution is 7.93. The van der Waals surface area contributed by atoms with Gasteiger partial charge in [0.1, 0.15) is 12.9 Å². The molecule has 150 valence electrons. The summed E-state index contributed by atoms with van der Waals surface area (Å²) in [6, 6.07) is 15.8. The highest BCUT2D eigenvalue weighted by atomic mass is 32.2. The first-order valence-electron chi connectivity index (χ1n) is 9.14. The Balaban J connectivity index is 1.45. The maximum atomic E-state index is 13.0. The van der Waals surface area contributed by atoms with E-state index < -0.39 is 15.9 Å². The molecular formula is C20H16N6O3S. The fraction of sp³-hybridized carbons (Fsp3) is 0.100. The number of carbonyl (C=O) groups is 1. The Morgan fingerprint density at radius 3 is 2.53 bits per heavy atom. The SMILES string of the molecule is Cc1c(NC(=O)CN2c3cccc4cccc(c34)S2(=O)=O)cccc1-n1cnnn1. The van der Waals surface area contributed by atoms with Gasteiger partial charge in [0, 0.05) is 11.1 Å². The van der Waals surface area contributed by atoms with Gasteiger partial charge in [-0.2, -0.15) is 0 Å². The standard InChI is InChI=1S/C20H16N6O3S/c1-13-15(7-4-8-16(13)25-12-21-23-24-25)22-19(27)11-26-17-9-2-5-14-6-3-10-18(20(14)17)30(26,28)29/h2-10,12H,11H2,1H3,(H,22,27). The van der Waals surface area contributed by atoms with Crippen molar-refractivity contribution >= 4 is 38.1 Å². The van der Waals surface area contributed by atoms with E-state index in [0.29, 0.717) is 22.4 Å². The first kappa shape index (κ1) is 18.3. The summed E-state index contributed by atoms with van der Waals surface area (Å²) in [4.78, 5) is 13.0. The highest BCUT2D eigenvalue weighted by Gasteiger charge is 2.36. The van der Waals surface area contributed by atoms with E-state index in [1.54, 1.807) is 36.4 Å². The number of nitrogens with zero attached hydrogens (tertiary/aromatic N) is 5. The highest BCUT2D eigenvalue weighted by Crippen LogP contribution is 2.41. The van der Waals surface area contributed by atoms with Crippen LogP contribution in [0.1, 0.15) is 5.56 Å². The molecule has 1 amide bonds. The molecule has 0 unspecified atom stereocenters. The largest absolute Gasteiger partial charge is 0.324 e. The van der Waals surface area contributed by atoms with Crippen LogP contribution in [0.15, 0.2) is 65.8 Å². The van der Waals surface area contributed by atoms with Gasteiger partial charge in [-0.3, -0.25) is 9.10 Å². The van der Waals surface area contributed by atoms with Gasteiger partial charge >= 0.3 is 0 Å². The first-order chi connectivity index (χ1) is 14.5. The molecule has 5 rings (SSSR count). The van der Waals surface area contributed by atoms with E-state index in [-0.39, 0.29) is 11.4 Å². The molecule has 10 heteroatoms. The molecule has 1 aliphatic heterocycles. The van der Waals surface area contributed by atoms with Crippen LogP contribution in [-0.2, 0) is 14.8 Å². The van der Waals surface area contributed by atoms with Crippen molar-refractivity contribution in [2.24, 2.45) is 0 Å². The molecule has 0 aliphatic carbocycles. The summed E-state index contributed by atoms with van der Waals surface area (Å²) in [6.07, 6.45) is 1.46. The Kier molecular flexibility index (Phi) is 4.03. The van der Waals surface area contributed by atoms with Gasteiger partial charge in [-0.15, -0.1) is 5.10 Å². The number of anilines is 2. The zero-order valence-electron chi connectivity index (χ0n) is 15.8. The Morgan fingerprint density at radius 1 is 1.03 bits per heavy atom. The van der Waals surface area contributed by atoms with Crippen LogP contribution in [0, 0.1) is 6.92 Å². The van der Waals surface area contributed by atoms with Gasteiger partial charge in [-0.1, -0.05) is 30.3 Å². The maximum Gasteiger partial charge on any atom is 0.265 e. The van der Waals surface area contributed by atoms with Gasteiger partial charge in [0.2, 0.25) is 5.91 Å². The number of hydrogen-bond acceptors (Lipinski definition) is 6. The van der Waals surface area contributed by atoms with Crippen LogP contribution in [0.2, 0.25) is 0 Å². The molecule has 1 aliphatic rings. The molecule has 0 radical (unpaired) electrons. The van der Waals surface area contributed by atoms with Crippen molar-refractivity contribution in [3.05, 3.63) is 66.5 Å². The van der Waals surface area contributed by atoms with Gasteiger partial charge in [-0.05, 0) is 52.6 Å². The summed E-state index contributed by atoms with van der Waals surface area (Å²) in [7, 11) is -3.80. The van der Waals surface area contributed by atoms with Crippen molar-refractivity contribution in [1.82, 2.24) is 20.2 Å². The number of nitrogens with one attached hydrogen (secondary N) is 1. The zero-order chi connectivity index (χ0) is 20.9. The summed E-state index contributed by atoms with van der Waals surface area (Å²) < 4.78 is 28.7. The van der Waals surface area contributed by atoms with Crippen LogP contribution in [0.5, 0.6) is 0 Å². The molecule has 0 saturated carbocycles. The number of sulfonamides is 1. The van der Waals surface area contributed by atoms with Crippen molar-refractivity contribution in [3.63, 3.8) is 0 Å². The number of amides is 1. The molecule has 3 aromatic carbocycles. The molecule has 0 atom stereocenters. The van der Waals surface area contributed by atoms with E-state index in [2.05, 4.69) is 20.8 Å². The molecule has 0 fully saturated rings. The van der Waals surface area contributed by atoms with E-state index >= 15 is 0 Å². The molecule has 9 nitrogen and oxygen atoms in total. The van der Waals surface area contributed by atoms with E-state index in [1.165, 1.54) is 11.0 Å². The first-order valence-corrected chi connectivity index (χ1v) is 10.6. The van der Waals surface area contributed by atoms with Crippen molar-refractivity contribution < 1.29 is 13.2 Å². The van der Waals surface area contributed by atoms with E-state index in [4.69, 9.17) is 0 Å². The zero-order valence-corrected chi connectivity index (χ0v) is 16.7. The predicted molar refractivity (Wildman–Crippen MR) is 111 cm³/mol. The average Bonchev–Trinajstić information content (AvgIpc) is 3.33. The quantitative estimate of drug-likeness (QED) is 0.542. The van der Waals surface area contributed by atoms with Crippen molar-refractivity contribution in [2.45, 2.75) is 11.8 Å². The Labute approximate surface area is 172 Å². The van der Waals surface area contributed by atoms with Crippen LogP contribution in [-0.4, -0.2) is 41.1 Å². The summed E-state index contributed by atoms with van der Waals surface area (Å²) in [5.74, 6) is -0.444. The predicted octanol–water partition coefficient (Wildman–Crippen LogP) is 2.27. The number of hydrogen-bond donors (Lipinski definition) is 1. The normalized spacial score (nSPS) is 14.2. The van der Waals surface area contributed by atoms with Gasteiger partial charge in [0.25, 0.3) is 10.0 Å². The lowest BCUT2D eigenvalue weighted by Crippen LogP contribution is -2.35. The van der Waals surface area contributed by atoms with Gasteiger partial charge in [0.05, 0.1) is 16.3 Å². The third-order valence-corrected chi connectivity index (χ3v) is 6.95. The second-order valence-electron chi connectivity index (χ2n) is 6.90. The second-order valence-corrected chi connectivity index (χ2v) is 8.73. The van der Waals surface area contributed by atoms with Crippen LogP contribution < -0.4 is 9.62 Å². The second kappa shape index (κ2) is 6.63. The minimum absolute atomic E-state index is 0.222. The number of carbonyl (C=O) groups excluding carboxylic acids is 1. The van der Waals surface area contributed by atoms with E-state index in [0.717, 1.165) is 15.3 Å². The van der Waals surface area contributed by atoms with Crippen molar-refractivity contribution in [3.8, 4) is 5.69 Å². The molecule has 4 aromatic rings. The molecule has 1 N–H and O–H groups in total. The monoisotopic (exact) mass is 420 g/mol. The maximum absolute atomic E-state index is 13.0. The molecule has 30 heavy (non-hydrogen) atoms. The third-order valence-electron chi connectivity index (χ3n) is 5.14. The molecule has 0 saturated heterocycles.